The van der Waals surface area contributed by atoms with Crippen molar-refractivity contribution >= 4 is 26.3 Å². The van der Waals surface area contributed by atoms with E-state index in [1.54, 1.807) is 37.8 Å². The normalized spacial score (nSPS) is 22.1. The number of rotatable bonds is 6. The molecule has 34 heavy (non-hydrogen) atoms. The topological polar surface area (TPSA) is 92.1 Å². The number of ether oxygens (including phenoxy) is 4. The molecular formula is C24H26FN3O5S. The van der Waals surface area contributed by atoms with E-state index in [0.717, 1.165) is 12.0 Å². The summed E-state index contributed by atoms with van der Waals surface area (Å²) in [6.45, 7) is 1.04. The monoisotopic (exact) mass is 487 g/mol. The predicted octanol–water partition coefficient (Wildman–Crippen LogP) is 3.66. The van der Waals surface area contributed by atoms with Crippen LogP contribution in [0.4, 0.5) is 10.1 Å². The Balaban J connectivity index is 1.51. The highest BCUT2D eigenvalue weighted by Crippen LogP contribution is 2.35. The van der Waals surface area contributed by atoms with Gasteiger partial charge in [-0.05, 0) is 18.6 Å². The summed E-state index contributed by atoms with van der Waals surface area (Å²) in [6, 6.07) is 7.96. The number of methoxy groups -OCH3 is 1. The first-order valence-corrected chi connectivity index (χ1v) is 13.3. The lowest BCUT2D eigenvalue weighted by Gasteiger charge is -2.20. The van der Waals surface area contributed by atoms with Crippen LogP contribution in [0, 0.1) is 5.82 Å². The van der Waals surface area contributed by atoms with E-state index < -0.39 is 9.73 Å². The minimum Gasteiger partial charge on any atom is -0.496 e. The van der Waals surface area contributed by atoms with Gasteiger partial charge in [0.25, 0.3) is 0 Å². The summed E-state index contributed by atoms with van der Waals surface area (Å²) in [5.41, 5.74) is 2.59. The molecular weight excluding hydrogens is 461 g/mol. The lowest BCUT2D eigenvalue weighted by atomic mass is 10.0. The molecule has 0 bridgehead atoms. The number of halogens is 1. The van der Waals surface area contributed by atoms with Crippen LogP contribution in [0.3, 0.4) is 0 Å². The van der Waals surface area contributed by atoms with Gasteiger partial charge in [0, 0.05) is 53.0 Å². The Morgan fingerprint density at radius 2 is 2.03 bits per heavy atom. The lowest BCUT2D eigenvalue weighted by molar-refractivity contribution is 0.0304. The largest absolute Gasteiger partial charge is 0.496 e. The Labute approximate surface area is 197 Å². The highest BCUT2D eigenvalue weighted by Gasteiger charge is 2.43. The molecule has 8 nitrogen and oxygen atoms in total. The smallest absolute Gasteiger partial charge is 0.150 e. The van der Waals surface area contributed by atoms with Crippen LogP contribution in [0.15, 0.2) is 41.0 Å². The minimum absolute atomic E-state index is 0.0256. The van der Waals surface area contributed by atoms with Gasteiger partial charge < -0.3 is 18.9 Å². The van der Waals surface area contributed by atoms with Gasteiger partial charge in [-0.3, -0.25) is 0 Å². The molecule has 2 aliphatic rings. The molecule has 3 heterocycles. The quantitative estimate of drug-likeness (QED) is 0.524. The van der Waals surface area contributed by atoms with Crippen molar-refractivity contribution in [1.29, 1.82) is 0 Å². The van der Waals surface area contributed by atoms with Gasteiger partial charge in [-0.15, -0.1) is 0 Å². The van der Waals surface area contributed by atoms with Crippen LogP contribution in [0.1, 0.15) is 17.7 Å². The molecule has 5 rings (SSSR count). The first-order valence-electron chi connectivity index (χ1n) is 11.0. The second-order valence-electron chi connectivity index (χ2n) is 8.72. The van der Waals surface area contributed by atoms with Crippen LogP contribution in [0.25, 0.3) is 10.9 Å². The standard InChI is InChI=1S/C24H26FN3O5S/c1-30-21-11-16(28-34(2,3)29)10-18-23(21)17(26-13-27-18)8-14-4-5-15(25)9-20(14)33-22-12-32-19-6-7-31-24(19)22/h4-5,9-11,13,19,22,24H,6-8,12H2,1-3H3/t19-,22-,24+/m1/s1. The summed E-state index contributed by atoms with van der Waals surface area (Å²) in [5, 5.41) is 0.710. The molecule has 2 aromatic carbocycles. The lowest BCUT2D eigenvalue weighted by Crippen LogP contribution is -2.32. The average molecular weight is 488 g/mol. The fraction of sp³-hybridized carbons (Fsp3) is 0.417. The van der Waals surface area contributed by atoms with Crippen LogP contribution in [0.2, 0.25) is 0 Å². The van der Waals surface area contributed by atoms with E-state index in [2.05, 4.69) is 14.3 Å². The zero-order valence-corrected chi connectivity index (χ0v) is 20.0. The van der Waals surface area contributed by atoms with Crippen molar-refractivity contribution in [3.8, 4) is 11.5 Å². The summed E-state index contributed by atoms with van der Waals surface area (Å²) in [5.74, 6) is 0.561. The van der Waals surface area contributed by atoms with E-state index in [1.165, 1.54) is 18.5 Å². The molecule has 2 saturated heterocycles. The summed E-state index contributed by atoms with van der Waals surface area (Å²) in [6.07, 6.45) is 5.38. The zero-order valence-electron chi connectivity index (χ0n) is 19.2. The molecule has 0 aliphatic carbocycles. The summed E-state index contributed by atoms with van der Waals surface area (Å²) < 4.78 is 54.0. The third-order valence-electron chi connectivity index (χ3n) is 5.90. The van der Waals surface area contributed by atoms with E-state index in [0.29, 0.717) is 53.4 Å². The molecule has 2 fully saturated rings. The van der Waals surface area contributed by atoms with Crippen LogP contribution in [0.5, 0.6) is 11.5 Å². The maximum atomic E-state index is 14.2. The molecule has 180 valence electrons. The number of hydrogen-bond donors (Lipinski definition) is 0. The summed E-state index contributed by atoms with van der Waals surface area (Å²) in [4.78, 5) is 8.86. The summed E-state index contributed by atoms with van der Waals surface area (Å²) in [7, 11) is -0.803. The van der Waals surface area contributed by atoms with Crippen molar-refractivity contribution < 1.29 is 27.5 Å². The SMILES string of the molecule is COc1cc(N=S(C)(C)=O)cc2ncnc(Cc3ccc(F)cc3O[C@@H]3CO[C@@H]4CCO[C@@H]43)c12. The van der Waals surface area contributed by atoms with Gasteiger partial charge in [-0.1, -0.05) is 6.07 Å². The van der Waals surface area contributed by atoms with Gasteiger partial charge in [0.1, 0.15) is 29.7 Å². The molecule has 0 saturated carbocycles. The minimum atomic E-state index is -2.35. The van der Waals surface area contributed by atoms with Crippen molar-refractivity contribution in [1.82, 2.24) is 9.97 Å². The third-order valence-corrected chi connectivity index (χ3v) is 6.55. The van der Waals surface area contributed by atoms with E-state index >= 15 is 0 Å². The number of hydrogen-bond acceptors (Lipinski definition) is 8. The van der Waals surface area contributed by atoms with Crippen molar-refractivity contribution in [3.63, 3.8) is 0 Å². The van der Waals surface area contributed by atoms with Crippen LogP contribution < -0.4 is 9.47 Å². The summed E-state index contributed by atoms with van der Waals surface area (Å²) >= 11 is 0. The highest BCUT2D eigenvalue weighted by molar-refractivity contribution is 7.92. The first-order chi connectivity index (χ1) is 16.3. The Kier molecular flexibility index (Phi) is 6.13. The number of nitrogens with zero attached hydrogens (tertiary/aromatic N) is 3. The fourth-order valence-electron chi connectivity index (χ4n) is 4.46. The molecule has 1 aromatic heterocycles. The second-order valence-corrected chi connectivity index (χ2v) is 11.3. The maximum Gasteiger partial charge on any atom is 0.150 e. The van der Waals surface area contributed by atoms with Gasteiger partial charge in [0.05, 0.1) is 42.1 Å². The first kappa shape index (κ1) is 22.9. The molecule has 0 spiro atoms. The van der Waals surface area contributed by atoms with Crippen molar-refractivity contribution in [2.24, 2.45) is 4.36 Å². The van der Waals surface area contributed by atoms with Gasteiger partial charge >= 0.3 is 0 Å². The Morgan fingerprint density at radius 1 is 1.18 bits per heavy atom. The molecule has 0 radical (unpaired) electrons. The van der Waals surface area contributed by atoms with E-state index in [9.17, 15) is 8.60 Å². The van der Waals surface area contributed by atoms with Crippen LogP contribution in [-0.2, 0) is 25.6 Å². The Bertz CT molecular complexity index is 1350. The second kappa shape index (κ2) is 9.09. The van der Waals surface area contributed by atoms with Gasteiger partial charge in [0.2, 0.25) is 0 Å². The Hall–Kier alpha value is -2.82. The van der Waals surface area contributed by atoms with E-state index in [4.69, 9.17) is 18.9 Å². The Morgan fingerprint density at radius 3 is 2.82 bits per heavy atom. The number of fused-ring (bicyclic) bond motifs is 2. The molecule has 2 aliphatic heterocycles. The average Bonchev–Trinajstić information content (AvgIpc) is 3.39. The molecule has 0 N–H and O–H groups in total. The van der Waals surface area contributed by atoms with Crippen LogP contribution in [-0.4, -0.2) is 65.3 Å². The highest BCUT2D eigenvalue weighted by atomic mass is 32.2. The van der Waals surface area contributed by atoms with Crippen molar-refractivity contribution in [2.45, 2.75) is 31.2 Å². The van der Waals surface area contributed by atoms with Crippen molar-refractivity contribution in [3.05, 3.63) is 53.7 Å². The fourth-order valence-corrected chi connectivity index (χ4v) is 5.08. The van der Waals surface area contributed by atoms with Gasteiger partial charge in [-0.2, -0.15) is 4.36 Å². The molecule has 3 aromatic rings. The predicted molar refractivity (Wildman–Crippen MR) is 126 cm³/mol. The molecule has 3 atom stereocenters. The molecule has 0 unspecified atom stereocenters. The molecule has 0 amide bonds. The van der Waals surface area contributed by atoms with E-state index in [1.807, 2.05) is 0 Å². The third kappa shape index (κ3) is 4.70. The van der Waals surface area contributed by atoms with E-state index in [-0.39, 0.29) is 24.1 Å². The molecule has 10 heteroatoms. The number of benzene rings is 2. The van der Waals surface area contributed by atoms with Crippen LogP contribution >= 0.6 is 0 Å². The number of aromatic nitrogens is 2. The van der Waals surface area contributed by atoms with Gasteiger partial charge in [0.15, 0.2) is 6.10 Å². The van der Waals surface area contributed by atoms with Gasteiger partial charge in [-0.25, -0.2) is 18.6 Å². The van der Waals surface area contributed by atoms with Crippen molar-refractivity contribution in [2.75, 3.05) is 32.8 Å². The maximum absolute atomic E-state index is 14.2. The zero-order chi connectivity index (χ0) is 23.9.